The van der Waals surface area contributed by atoms with Crippen molar-refractivity contribution in [2.45, 2.75) is 32.8 Å². The molecule has 0 bridgehead atoms. The molecule has 0 aliphatic rings. The molecule has 0 heterocycles. The second-order valence-electron chi connectivity index (χ2n) is 3.66. The summed E-state index contributed by atoms with van der Waals surface area (Å²) in [5.74, 6) is 0.219. The number of nitrogens with zero attached hydrogens (tertiary/aromatic N) is 1. The van der Waals surface area contributed by atoms with Gasteiger partial charge in [0.1, 0.15) is 11.9 Å². The Hall–Kier alpha value is -2.11. The van der Waals surface area contributed by atoms with Crippen LogP contribution in [0.5, 0.6) is 5.75 Å². The van der Waals surface area contributed by atoms with Crippen molar-refractivity contribution in [2.24, 2.45) is 0 Å². The van der Waals surface area contributed by atoms with E-state index in [0.717, 1.165) is 0 Å². The molecule has 98 valence electrons. The van der Waals surface area contributed by atoms with E-state index in [9.17, 15) is 14.9 Å². The van der Waals surface area contributed by atoms with E-state index < -0.39 is 11.1 Å². The van der Waals surface area contributed by atoms with E-state index in [0.29, 0.717) is 12.8 Å². The normalized spacial score (nSPS) is 10.2. The fraction of sp³-hybridized carbons (Fsp3) is 0.417. The first-order chi connectivity index (χ1) is 8.56. The maximum absolute atomic E-state index is 11.4. The minimum absolute atomic E-state index is 0.0595. The van der Waals surface area contributed by atoms with Gasteiger partial charge in [0.15, 0.2) is 0 Å². The van der Waals surface area contributed by atoms with Gasteiger partial charge in [-0.2, -0.15) is 0 Å². The maximum Gasteiger partial charge on any atom is 0.514 e. The molecule has 0 saturated carbocycles. The van der Waals surface area contributed by atoms with Gasteiger partial charge in [0.25, 0.3) is 5.69 Å². The monoisotopic (exact) mass is 253 g/mol. The zero-order valence-electron chi connectivity index (χ0n) is 10.3. The lowest BCUT2D eigenvalue weighted by Gasteiger charge is -2.13. The van der Waals surface area contributed by atoms with Crippen molar-refractivity contribution >= 4 is 11.8 Å². The Kier molecular flexibility index (Phi) is 5.10. The van der Waals surface area contributed by atoms with Gasteiger partial charge in [-0.15, -0.1) is 0 Å². The van der Waals surface area contributed by atoms with E-state index in [1.165, 1.54) is 24.3 Å². The summed E-state index contributed by atoms with van der Waals surface area (Å²) in [5, 5.41) is 10.4. The highest BCUT2D eigenvalue weighted by Crippen LogP contribution is 2.18. The van der Waals surface area contributed by atoms with E-state index in [-0.39, 0.29) is 17.5 Å². The van der Waals surface area contributed by atoms with Crippen molar-refractivity contribution in [3.63, 3.8) is 0 Å². The van der Waals surface area contributed by atoms with E-state index in [2.05, 4.69) is 0 Å². The average molecular weight is 253 g/mol. The number of nitro benzene ring substituents is 1. The van der Waals surface area contributed by atoms with Crippen molar-refractivity contribution in [2.75, 3.05) is 0 Å². The Morgan fingerprint density at radius 3 is 2.28 bits per heavy atom. The predicted octanol–water partition coefficient (Wildman–Crippen LogP) is 3.30. The third kappa shape index (κ3) is 4.04. The Bertz CT molecular complexity index is 411. The maximum atomic E-state index is 11.4. The largest absolute Gasteiger partial charge is 0.514 e. The molecule has 18 heavy (non-hydrogen) atoms. The molecule has 0 saturated heterocycles. The van der Waals surface area contributed by atoms with Crippen molar-refractivity contribution in [1.29, 1.82) is 0 Å². The Morgan fingerprint density at radius 2 is 1.83 bits per heavy atom. The molecule has 1 aromatic rings. The summed E-state index contributed by atoms with van der Waals surface area (Å²) in [4.78, 5) is 21.3. The fourth-order valence-corrected chi connectivity index (χ4v) is 1.35. The molecule has 0 atom stereocenters. The summed E-state index contributed by atoms with van der Waals surface area (Å²) in [7, 11) is 0. The van der Waals surface area contributed by atoms with Crippen LogP contribution in [0.2, 0.25) is 0 Å². The standard InChI is InChI=1S/C12H15NO5/c1-3-10(4-2)17-12(14)18-11-7-5-9(6-8-11)13(15)16/h5-8,10H,3-4H2,1-2H3. The second kappa shape index (κ2) is 6.58. The van der Waals surface area contributed by atoms with Gasteiger partial charge in [0, 0.05) is 12.1 Å². The van der Waals surface area contributed by atoms with Gasteiger partial charge >= 0.3 is 6.16 Å². The molecule has 0 fully saturated rings. The molecule has 1 rings (SSSR count). The highest BCUT2D eigenvalue weighted by Gasteiger charge is 2.13. The Balaban J connectivity index is 2.56. The first kappa shape index (κ1) is 14.0. The van der Waals surface area contributed by atoms with Crippen molar-refractivity contribution in [1.82, 2.24) is 0 Å². The summed E-state index contributed by atoms with van der Waals surface area (Å²) in [6.45, 7) is 3.82. The summed E-state index contributed by atoms with van der Waals surface area (Å²) in [6.07, 6.45) is 0.464. The summed E-state index contributed by atoms with van der Waals surface area (Å²) in [6, 6.07) is 5.23. The molecule has 0 amide bonds. The quantitative estimate of drug-likeness (QED) is 0.348. The molecule has 0 aromatic heterocycles. The molecule has 0 aliphatic heterocycles. The Labute approximate surface area is 105 Å². The van der Waals surface area contributed by atoms with Gasteiger partial charge < -0.3 is 9.47 Å². The number of carbonyl (C=O) groups excluding carboxylic acids is 1. The van der Waals surface area contributed by atoms with Crippen molar-refractivity contribution in [3.05, 3.63) is 34.4 Å². The van der Waals surface area contributed by atoms with Crippen LogP contribution in [0.3, 0.4) is 0 Å². The first-order valence-electron chi connectivity index (χ1n) is 5.69. The van der Waals surface area contributed by atoms with E-state index >= 15 is 0 Å². The third-order valence-corrected chi connectivity index (χ3v) is 2.42. The molecular weight excluding hydrogens is 238 g/mol. The van der Waals surface area contributed by atoms with E-state index in [1.54, 1.807) is 0 Å². The van der Waals surface area contributed by atoms with E-state index in [1.807, 2.05) is 13.8 Å². The van der Waals surface area contributed by atoms with Gasteiger partial charge in [0.05, 0.1) is 4.92 Å². The number of hydrogen-bond acceptors (Lipinski definition) is 5. The molecule has 6 nitrogen and oxygen atoms in total. The molecule has 0 spiro atoms. The number of hydrogen-bond donors (Lipinski definition) is 0. The lowest BCUT2D eigenvalue weighted by atomic mass is 10.2. The number of benzene rings is 1. The Morgan fingerprint density at radius 1 is 1.28 bits per heavy atom. The number of carbonyl (C=O) groups is 1. The first-order valence-corrected chi connectivity index (χ1v) is 5.69. The topological polar surface area (TPSA) is 78.7 Å². The lowest BCUT2D eigenvalue weighted by Crippen LogP contribution is -2.19. The summed E-state index contributed by atoms with van der Waals surface area (Å²) >= 11 is 0. The minimum Gasteiger partial charge on any atom is -0.431 e. The fourth-order valence-electron chi connectivity index (χ4n) is 1.35. The van der Waals surface area contributed by atoms with Crippen LogP contribution in [0.15, 0.2) is 24.3 Å². The van der Waals surface area contributed by atoms with Crippen LogP contribution in [-0.4, -0.2) is 17.2 Å². The molecule has 0 aliphatic carbocycles. The molecule has 0 radical (unpaired) electrons. The highest BCUT2D eigenvalue weighted by atomic mass is 16.7. The number of ether oxygens (including phenoxy) is 2. The van der Waals surface area contributed by atoms with Gasteiger partial charge in [0.2, 0.25) is 0 Å². The molecule has 0 N–H and O–H groups in total. The zero-order valence-corrected chi connectivity index (χ0v) is 10.3. The second-order valence-corrected chi connectivity index (χ2v) is 3.66. The van der Waals surface area contributed by atoms with Crippen LogP contribution < -0.4 is 4.74 Å². The predicted molar refractivity (Wildman–Crippen MR) is 64.6 cm³/mol. The van der Waals surface area contributed by atoms with Gasteiger partial charge in [-0.25, -0.2) is 4.79 Å². The van der Waals surface area contributed by atoms with Crippen molar-refractivity contribution < 1.29 is 19.2 Å². The van der Waals surface area contributed by atoms with E-state index in [4.69, 9.17) is 9.47 Å². The van der Waals surface area contributed by atoms with Crippen molar-refractivity contribution in [3.8, 4) is 5.75 Å². The van der Waals surface area contributed by atoms with Crippen LogP contribution >= 0.6 is 0 Å². The third-order valence-electron chi connectivity index (χ3n) is 2.42. The number of nitro groups is 1. The average Bonchev–Trinajstić information content (AvgIpc) is 2.36. The molecule has 1 aromatic carbocycles. The van der Waals surface area contributed by atoms with Crippen LogP contribution in [-0.2, 0) is 4.74 Å². The van der Waals surface area contributed by atoms with Crippen LogP contribution in [0, 0.1) is 10.1 Å². The van der Waals surface area contributed by atoms with Crippen LogP contribution in [0.4, 0.5) is 10.5 Å². The lowest BCUT2D eigenvalue weighted by molar-refractivity contribution is -0.384. The summed E-state index contributed by atoms with van der Waals surface area (Å²) < 4.78 is 9.93. The number of rotatable bonds is 5. The number of non-ortho nitro benzene ring substituents is 1. The summed E-state index contributed by atoms with van der Waals surface area (Å²) in [5.41, 5.74) is -0.0595. The zero-order chi connectivity index (χ0) is 13.5. The molecule has 6 heteroatoms. The minimum atomic E-state index is -0.794. The van der Waals surface area contributed by atoms with Gasteiger partial charge in [-0.05, 0) is 25.0 Å². The molecular formula is C12H15NO5. The SMILES string of the molecule is CCC(CC)OC(=O)Oc1ccc([N+](=O)[O-])cc1. The smallest absolute Gasteiger partial charge is 0.431 e. The van der Waals surface area contributed by atoms with Gasteiger partial charge in [-0.3, -0.25) is 10.1 Å². The van der Waals surface area contributed by atoms with Crippen LogP contribution in [0.1, 0.15) is 26.7 Å². The van der Waals surface area contributed by atoms with Crippen LogP contribution in [0.25, 0.3) is 0 Å². The molecule has 0 unspecified atom stereocenters. The van der Waals surface area contributed by atoms with Gasteiger partial charge in [-0.1, -0.05) is 13.8 Å². The highest BCUT2D eigenvalue weighted by molar-refractivity contribution is 5.64.